The van der Waals surface area contributed by atoms with Crippen molar-refractivity contribution in [2.24, 2.45) is 5.73 Å². The molecule has 0 aromatic carbocycles. The van der Waals surface area contributed by atoms with Gasteiger partial charge in [-0.15, -0.1) is 0 Å². The molecular weight excluding hydrogens is 372 g/mol. The van der Waals surface area contributed by atoms with Crippen LogP contribution in [0.3, 0.4) is 0 Å². The molecule has 5 N–H and O–H groups in total. The van der Waals surface area contributed by atoms with E-state index >= 15 is 0 Å². The first kappa shape index (κ1) is 21.6. The summed E-state index contributed by atoms with van der Waals surface area (Å²) in [6.07, 6.45) is 1.44. The number of nitrogens with zero attached hydrogens (tertiary/aromatic N) is 2. The molecular formula is C17H26N4O7. The summed E-state index contributed by atoms with van der Waals surface area (Å²) >= 11 is 0. The number of rotatable bonds is 7. The van der Waals surface area contributed by atoms with Crippen LogP contribution in [0.1, 0.15) is 39.0 Å². The van der Waals surface area contributed by atoms with Gasteiger partial charge in [0.05, 0.1) is 12.5 Å². The van der Waals surface area contributed by atoms with E-state index in [0.29, 0.717) is 38.8 Å². The number of amides is 3. The first-order chi connectivity index (χ1) is 13.1. The van der Waals surface area contributed by atoms with E-state index in [0.717, 1.165) is 0 Å². The number of nitrogens with one attached hydrogen (secondary N) is 1. The van der Waals surface area contributed by atoms with Gasteiger partial charge in [-0.25, -0.2) is 0 Å². The lowest BCUT2D eigenvalue weighted by Gasteiger charge is -2.32. The van der Waals surface area contributed by atoms with Crippen molar-refractivity contribution in [2.45, 2.75) is 63.2 Å². The first-order valence-corrected chi connectivity index (χ1v) is 9.25. The minimum absolute atomic E-state index is 0.295. The molecule has 0 aromatic rings. The SMILES string of the molecule is CC(NC(=O)C1CCCN1C(=O)C1CCCN1C(=O)C(N)CC(=O)O)C(=O)O. The topological polar surface area (TPSA) is 170 Å². The van der Waals surface area contributed by atoms with E-state index in [9.17, 15) is 24.0 Å². The van der Waals surface area contributed by atoms with Crippen LogP contribution >= 0.6 is 0 Å². The second-order valence-corrected chi connectivity index (χ2v) is 7.15. The summed E-state index contributed by atoms with van der Waals surface area (Å²) in [6, 6.07) is -3.90. The molecule has 0 aliphatic carbocycles. The lowest BCUT2D eigenvalue weighted by Crippen LogP contribution is -2.56. The molecule has 0 radical (unpaired) electrons. The molecule has 4 unspecified atom stereocenters. The third-order valence-electron chi connectivity index (χ3n) is 5.10. The highest BCUT2D eigenvalue weighted by Crippen LogP contribution is 2.25. The van der Waals surface area contributed by atoms with Crippen LogP contribution in [-0.2, 0) is 24.0 Å². The van der Waals surface area contributed by atoms with Crippen molar-refractivity contribution >= 4 is 29.7 Å². The third kappa shape index (κ3) is 4.77. The maximum atomic E-state index is 13.0. The van der Waals surface area contributed by atoms with E-state index in [-0.39, 0.29) is 0 Å². The molecule has 3 amide bonds. The van der Waals surface area contributed by atoms with Gasteiger partial charge in [-0.1, -0.05) is 0 Å². The number of carbonyl (C=O) groups is 5. The number of carboxylic acids is 2. The molecule has 2 aliphatic rings. The van der Waals surface area contributed by atoms with Crippen LogP contribution in [0.2, 0.25) is 0 Å². The Morgan fingerprint density at radius 3 is 2.18 bits per heavy atom. The van der Waals surface area contributed by atoms with Crippen molar-refractivity contribution in [1.82, 2.24) is 15.1 Å². The number of hydrogen-bond acceptors (Lipinski definition) is 6. The van der Waals surface area contributed by atoms with Crippen molar-refractivity contribution in [1.29, 1.82) is 0 Å². The van der Waals surface area contributed by atoms with Crippen LogP contribution in [0.4, 0.5) is 0 Å². The molecule has 2 fully saturated rings. The molecule has 0 spiro atoms. The quantitative estimate of drug-likeness (QED) is 0.395. The van der Waals surface area contributed by atoms with Crippen molar-refractivity contribution in [3.8, 4) is 0 Å². The second kappa shape index (κ2) is 9.00. The largest absolute Gasteiger partial charge is 0.481 e. The van der Waals surface area contributed by atoms with Gasteiger partial charge >= 0.3 is 11.9 Å². The highest BCUT2D eigenvalue weighted by molar-refractivity contribution is 5.95. The molecule has 2 rings (SSSR count). The fourth-order valence-corrected chi connectivity index (χ4v) is 3.64. The zero-order valence-electron chi connectivity index (χ0n) is 15.7. The zero-order chi connectivity index (χ0) is 21.0. The van der Waals surface area contributed by atoms with Gasteiger partial charge in [0.15, 0.2) is 0 Å². The Labute approximate surface area is 161 Å². The van der Waals surface area contributed by atoms with Crippen molar-refractivity contribution in [3.05, 3.63) is 0 Å². The summed E-state index contributed by atoms with van der Waals surface area (Å²) in [7, 11) is 0. The maximum absolute atomic E-state index is 13.0. The lowest BCUT2D eigenvalue weighted by atomic mass is 10.1. The standard InChI is InChI=1S/C17H26N4O7/c1-9(17(27)28)19-14(24)11-4-2-6-20(11)16(26)12-5-3-7-21(12)15(25)10(18)8-13(22)23/h9-12H,2-8,18H2,1H3,(H,19,24)(H,22,23)(H,27,28). The lowest BCUT2D eigenvalue weighted by molar-refractivity contribution is -0.149. The zero-order valence-corrected chi connectivity index (χ0v) is 15.7. The van der Waals surface area contributed by atoms with Crippen LogP contribution in [-0.4, -0.2) is 86.9 Å². The number of nitrogens with two attached hydrogens (primary N) is 1. The predicted octanol–water partition coefficient (Wildman–Crippen LogP) is -1.64. The summed E-state index contributed by atoms with van der Waals surface area (Å²) < 4.78 is 0. The Morgan fingerprint density at radius 1 is 1.04 bits per heavy atom. The monoisotopic (exact) mass is 398 g/mol. The van der Waals surface area contributed by atoms with Crippen LogP contribution in [0.25, 0.3) is 0 Å². The Morgan fingerprint density at radius 2 is 1.61 bits per heavy atom. The van der Waals surface area contributed by atoms with E-state index in [4.69, 9.17) is 15.9 Å². The van der Waals surface area contributed by atoms with Crippen LogP contribution in [0.15, 0.2) is 0 Å². The number of aliphatic carboxylic acids is 2. The Bertz CT molecular complexity index is 668. The average Bonchev–Trinajstić information content (AvgIpc) is 3.29. The number of hydrogen-bond donors (Lipinski definition) is 4. The average molecular weight is 398 g/mol. The molecule has 2 heterocycles. The van der Waals surface area contributed by atoms with Gasteiger partial charge in [-0.2, -0.15) is 0 Å². The van der Waals surface area contributed by atoms with E-state index < -0.39 is 60.2 Å². The minimum Gasteiger partial charge on any atom is -0.481 e. The van der Waals surface area contributed by atoms with Crippen molar-refractivity contribution in [2.75, 3.05) is 13.1 Å². The van der Waals surface area contributed by atoms with E-state index in [1.54, 1.807) is 0 Å². The second-order valence-electron chi connectivity index (χ2n) is 7.15. The molecule has 156 valence electrons. The van der Waals surface area contributed by atoms with Crippen molar-refractivity contribution in [3.63, 3.8) is 0 Å². The van der Waals surface area contributed by atoms with Gasteiger partial charge in [0.2, 0.25) is 17.7 Å². The molecule has 0 bridgehead atoms. The van der Waals surface area contributed by atoms with Gasteiger partial charge < -0.3 is 31.1 Å². The van der Waals surface area contributed by atoms with E-state index in [2.05, 4.69) is 5.32 Å². The Balaban J connectivity index is 2.08. The Hall–Kier alpha value is -2.69. The smallest absolute Gasteiger partial charge is 0.325 e. The number of likely N-dealkylation sites (tertiary alicyclic amines) is 2. The summed E-state index contributed by atoms with van der Waals surface area (Å²) in [5.74, 6) is -3.91. The van der Waals surface area contributed by atoms with E-state index in [1.807, 2.05) is 0 Å². The molecule has 2 saturated heterocycles. The first-order valence-electron chi connectivity index (χ1n) is 9.25. The van der Waals surface area contributed by atoms with Gasteiger partial charge in [-0.05, 0) is 32.6 Å². The number of carbonyl (C=O) groups excluding carboxylic acids is 3. The van der Waals surface area contributed by atoms with Crippen LogP contribution < -0.4 is 11.1 Å². The van der Waals surface area contributed by atoms with Crippen molar-refractivity contribution < 1.29 is 34.2 Å². The molecule has 0 aromatic heterocycles. The summed E-state index contributed by atoms with van der Waals surface area (Å²) in [6.45, 7) is 1.96. The molecule has 11 heteroatoms. The summed E-state index contributed by atoms with van der Waals surface area (Å²) in [4.78, 5) is 62.3. The van der Waals surface area contributed by atoms with Crippen LogP contribution in [0, 0.1) is 0 Å². The Kier molecular flexibility index (Phi) is 6.95. The van der Waals surface area contributed by atoms with E-state index in [1.165, 1.54) is 16.7 Å². The summed E-state index contributed by atoms with van der Waals surface area (Å²) in [5, 5.41) is 20.1. The highest BCUT2D eigenvalue weighted by Gasteiger charge is 2.43. The molecule has 4 atom stereocenters. The van der Waals surface area contributed by atoms with Crippen LogP contribution in [0.5, 0.6) is 0 Å². The van der Waals surface area contributed by atoms with Gasteiger partial charge in [-0.3, -0.25) is 24.0 Å². The maximum Gasteiger partial charge on any atom is 0.325 e. The van der Waals surface area contributed by atoms with Gasteiger partial charge in [0.25, 0.3) is 0 Å². The van der Waals surface area contributed by atoms with Gasteiger partial charge in [0, 0.05) is 13.1 Å². The third-order valence-corrected chi connectivity index (χ3v) is 5.10. The fourth-order valence-electron chi connectivity index (χ4n) is 3.64. The number of carboxylic acid groups (broad SMARTS) is 2. The molecule has 0 saturated carbocycles. The molecule has 11 nitrogen and oxygen atoms in total. The normalized spacial score (nSPS) is 23.9. The predicted molar refractivity (Wildman–Crippen MR) is 94.9 cm³/mol. The summed E-state index contributed by atoms with van der Waals surface area (Å²) in [5.41, 5.74) is 5.66. The fraction of sp³-hybridized carbons (Fsp3) is 0.706. The molecule has 28 heavy (non-hydrogen) atoms. The molecule has 2 aliphatic heterocycles. The minimum atomic E-state index is -1.24. The highest BCUT2D eigenvalue weighted by atomic mass is 16.4. The van der Waals surface area contributed by atoms with Gasteiger partial charge in [0.1, 0.15) is 18.1 Å².